The molecule has 3 aromatic rings. The van der Waals surface area contributed by atoms with Crippen LogP contribution in [-0.4, -0.2) is 29.8 Å². The van der Waals surface area contributed by atoms with Gasteiger partial charge in [-0.25, -0.2) is 8.42 Å². The van der Waals surface area contributed by atoms with Crippen molar-refractivity contribution >= 4 is 32.3 Å². The molecule has 7 heteroatoms. The summed E-state index contributed by atoms with van der Waals surface area (Å²) in [4.78, 5) is 13.2. The Labute approximate surface area is 171 Å². The molecule has 0 fully saturated rings. The third kappa shape index (κ3) is 3.74. The lowest BCUT2D eigenvalue weighted by Gasteiger charge is -2.12. The minimum Gasteiger partial charge on any atom is -0.506 e. The van der Waals surface area contributed by atoms with Gasteiger partial charge in [-0.05, 0) is 61.7 Å². The monoisotopic (exact) mass is 414 g/mol. The predicted octanol–water partition coefficient (Wildman–Crippen LogP) is 4.28. The number of nitrogens with zero attached hydrogens (tertiary/aromatic N) is 1. The molecule has 2 aromatic carbocycles. The van der Waals surface area contributed by atoms with Gasteiger partial charge in [-0.15, -0.1) is 0 Å². The van der Waals surface area contributed by atoms with Crippen LogP contribution in [-0.2, 0) is 22.8 Å². The number of carbonyl (C=O) groups is 1. The maximum atomic E-state index is 13.1. The van der Waals surface area contributed by atoms with E-state index in [9.17, 15) is 18.3 Å². The van der Waals surface area contributed by atoms with Gasteiger partial charge in [-0.1, -0.05) is 19.9 Å². The van der Waals surface area contributed by atoms with Gasteiger partial charge in [0.05, 0.1) is 16.3 Å². The number of fused-ring (bicyclic) bond motifs is 1. The first-order valence-corrected chi connectivity index (χ1v) is 11.4. The zero-order valence-corrected chi connectivity index (χ0v) is 17.9. The lowest BCUT2D eigenvalue weighted by atomic mass is 10.1. The molecule has 0 aliphatic carbocycles. The molecule has 0 aliphatic heterocycles. The number of hydrogen-bond acceptors (Lipinski definition) is 4. The fourth-order valence-electron chi connectivity index (χ4n) is 3.57. The van der Waals surface area contributed by atoms with Crippen molar-refractivity contribution in [2.45, 2.75) is 45.6 Å². The molecule has 154 valence electrons. The molecule has 1 aromatic heterocycles. The molecule has 0 bridgehead atoms. The van der Waals surface area contributed by atoms with Gasteiger partial charge in [-0.3, -0.25) is 4.79 Å². The second-order valence-corrected chi connectivity index (χ2v) is 9.24. The summed E-state index contributed by atoms with van der Waals surface area (Å²) in [5, 5.41) is 13.9. The smallest absolute Gasteiger partial charge is 0.272 e. The highest BCUT2D eigenvalue weighted by Gasteiger charge is 2.22. The molecule has 0 saturated carbocycles. The normalized spacial score (nSPS) is 11.7. The second-order valence-electron chi connectivity index (χ2n) is 6.96. The first kappa shape index (κ1) is 20.9. The van der Waals surface area contributed by atoms with E-state index in [-0.39, 0.29) is 28.0 Å². The third-order valence-corrected chi connectivity index (χ3v) is 7.01. The lowest BCUT2D eigenvalue weighted by Crippen LogP contribution is -2.18. The number of aromatic hydroxyl groups is 1. The van der Waals surface area contributed by atoms with Crippen LogP contribution < -0.4 is 5.32 Å². The minimum atomic E-state index is -3.45. The van der Waals surface area contributed by atoms with Crippen LogP contribution in [0.5, 0.6) is 5.75 Å². The number of nitrogens with one attached hydrogen (secondary N) is 1. The predicted molar refractivity (Wildman–Crippen MR) is 116 cm³/mol. The number of benzene rings is 2. The van der Waals surface area contributed by atoms with Gasteiger partial charge >= 0.3 is 0 Å². The van der Waals surface area contributed by atoms with Crippen LogP contribution in [0.1, 0.15) is 42.4 Å². The van der Waals surface area contributed by atoms with Crippen LogP contribution in [0.3, 0.4) is 0 Å². The SMILES string of the molecule is CCc1ccc2c(c1)c(C)c(C(=O)Nc1cc(S(=O)(=O)CC)ccc1O)n2CC. The molecule has 0 spiro atoms. The summed E-state index contributed by atoms with van der Waals surface area (Å²) >= 11 is 0. The van der Waals surface area contributed by atoms with Crippen molar-refractivity contribution in [3.63, 3.8) is 0 Å². The number of amides is 1. The zero-order valence-electron chi connectivity index (χ0n) is 17.1. The van der Waals surface area contributed by atoms with E-state index >= 15 is 0 Å². The molecule has 0 unspecified atom stereocenters. The van der Waals surface area contributed by atoms with Gasteiger partial charge in [0.2, 0.25) is 0 Å². The van der Waals surface area contributed by atoms with Crippen molar-refractivity contribution in [3.8, 4) is 5.75 Å². The summed E-state index contributed by atoms with van der Waals surface area (Å²) in [7, 11) is -3.45. The van der Waals surface area contributed by atoms with E-state index in [2.05, 4.69) is 24.4 Å². The minimum absolute atomic E-state index is 0.0614. The molecular weight excluding hydrogens is 388 g/mol. The largest absolute Gasteiger partial charge is 0.506 e. The average molecular weight is 415 g/mol. The van der Waals surface area contributed by atoms with Gasteiger partial charge in [-0.2, -0.15) is 0 Å². The number of phenols is 1. The first-order valence-electron chi connectivity index (χ1n) is 9.72. The Bertz CT molecular complexity index is 1190. The molecule has 1 amide bonds. The van der Waals surface area contributed by atoms with E-state index in [0.29, 0.717) is 12.2 Å². The number of aromatic nitrogens is 1. The van der Waals surface area contributed by atoms with Crippen molar-refractivity contribution < 1.29 is 18.3 Å². The van der Waals surface area contributed by atoms with Gasteiger partial charge in [0.15, 0.2) is 9.84 Å². The van der Waals surface area contributed by atoms with Crippen LogP contribution in [0, 0.1) is 6.92 Å². The molecule has 0 aliphatic rings. The summed E-state index contributed by atoms with van der Waals surface area (Å²) in [6.45, 7) is 8.11. The third-order valence-electron chi connectivity index (χ3n) is 5.28. The number of sulfone groups is 1. The van der Waals surface area contributed by atoms with Gasteiger partial charge < -0.3 is 15.0 Å². The van der Waals surface area contributed by atoms with E-state index in [1.165, 1.54) is 23.8 Å². The Morgan fingerprint density at radius 2 is 1.83 bits per heavy atom. The standard InChI is InChI=1S/C22H26N2O4S/c1-5-15-8-10-19-17(12-15)14(4)21(24(19)6-2)22(26)23-18-13-16(9-11-20(18)25)29(27,28)7-3/h8-13,25H,5-7H2,1-4H3,(H,23,26). The molecule has 1 heterocycles. The number of anilines is 1. The number of rotatable bonds is 6. The topological polar surface area (TPSA) is 88.4 Å². The molecule has 29 heavy (non-hydrogen) atoms. The van der Waals surface area contributed by atoms with Crippen molar-refractivity contribution in [1.29, 1.82) is 0 Å². The summed E-state index contributed by atoms with van der Waals surface area (Å²) in [5.41, 5.74) is 3.59. The van der Waals surface area contributed by atoms with Crippen LogP contribution in [0.2, 0.25) is 0 Å². The fraction of sp³-hybridized carbons (Fsp3) is 0.318. The second kappa shape index (κ2) is 7.91. The molecule has 3 rings (SSSR count). The van der Waals surface area contributed by atoms with E-state index in [1.807, 2.05) is 24.5 Å². The Hall–Kier alpha value is -2.80. The van der Waals surface area contributed by atoms with Crippen molar-refractivity contribution in [2.24, 2.45) is 0 Å². The summed E-state index contributed by atoms with van der Waals surface area (Å²) in [5.74, 6) is -0.632. The van der Waals surface area contributed by atoms with Gasteiger partial charge in [0, 0.05) is 17.4 Å². The summed E-state index contributed by atoms with van der Waals surface area (Å²) in [6.07, 6.45) is 0.904. The Morgan fingerprint density at radius 1 is 1.10 bits per heavy atom. The van der Waals surface area contributed by atoms with Crippen LogP contribution in [0.4, 0.5) is 5.69 Å². The Kier molecular flexibility index (Phi) is 5.71. The number of hydrogen-bond donors (Lipinski definition) is 2. The van der Waals surface area contributed by atoms with E-state index < -0.39 is 9.84 Å². The zero-order chi connectivity index (χ0) is 21.3. The van der Waals surface area contributed by atoms with Crippen LogP contribution in [0.15, 0.2) is 41.3 Å². The highest BCUT2D eigenvalue weighted by atomic mass is 32.2. The fourth-order valence-corrected chi connectivity index (χ4v) is 4.47. The molecule has 0 saturated heterocycles. The van der Waals surface area contributed by atoms with Crippen molar-refractivity contribution in [3.05, 3.63) is 53.2 Å². The Balaban J connectivity index is 2.07. The summed E-state index contributed by atoms with van der Waals surface area (Å²) < 4.78 is 26.2. The van der Waals surface area contributed by atoms with Crippen molar-refractivity contribution in [2.75, 3.05) is 11.1 Å². The van der Waals surface area contributed by atoms with Gasteiger partial charge in [0.1, 0.15) is 11.4 Å². The maximum absolute atomic E-state index is 13.1. The highest BCUT2D eigenvalue weighted by Crippen LogP contribution is 2.30. The van der Waals surface area contributed by atoms with Crippen LogP contribution in [0.25, 0.3) is 10.9 Å². The average Bonchev–Trinajstić information content (AvgIpc) is 3.00. The van der Waals surface area contributed by atoms with E-state index in [1.54, 1.807) is 6.92 Å². The molecule has 0 radical (unpaired) electrons. The molecule has 2 N–H and O–H groups in total. The van der Waals surface area contributed by atoms with E-state index in [4.69, 9.17) is 0 Å². The Morgan fingerprint density at radius 3 is 2.45 bits per heavy atom. The number of carbonyl (C=O) groups excluding carboxylic acids is 1. The molecule has 6 nitrogen and oxygen atoms in total. The van der Waals surface area contributed by atoms with Gasteiger partial charge in [0.25, 0.3) is 5.91 Å². The summed E-state index contributed by atoms with van der Waals surface area (Å²) in [6, 6.07) is 10.1. The van der Waals surface area contributed by atoms with Crippen molar-refractivity contribution in [1.82, 2.24) is 4.57 Å². The number of phenolic OH excluding ortho intramolecular Hbond substituents is 1. The van der Waals surface area contributed by atoms with E-state index in [0.717, 1.165) is 22.9 Å². The van der Waals surface area contributed by atoms with Crippen LogP contribution >= 0.6 is 0 Å². The molecular formula is C22H26N2O4S. The maximum Gasteiger partial charge on any atom is 0.272 e. The molecule has 0 atom stereocenters. The quantitative estimate of drug-likeness (QED) is 0.589. The highest BCUT2D eigenvalue weighted by molar-refractivity contribution is 7.91. The lowest BCUT2D eigenvalue weighted by molar-refractivity contribution is 0.101. The number of aryl methyl sites for hydroxylation is 3. The first-order chi connectivity index (χ1) is 13.7.